The molecule has 0 atom stereocenters. The molecule has 88 valence electrons. The van der Waals surface area contributed by atoms with Crippen LogP contribution in [-0.4, -0.2) is 24.2 Å². The number of rotatable bonds is 4. The van der Waals surface area contributed by atoms with Gasteiger partial charge in [0.05, 0.1) is 11.8 Å². The lowest BCUT2D eigenvalue weighted by molar-refractivity contribution is 0.0169. The topological polar surface area (TPSA) is 34.1 Å². The molecule has 1 fully saturated rings. The molecule has 1 aliphatic rings. The van der Waals surface area contributed by atoms with Crippen molar-refractivity contribution in [1.29, 1.82) is 0 Å². The number of nitrogens with zero attached hydrogens (tertiary/aromatic N) is 1. The van der Waals surface area contributed by atoms with E-state index < -0.39 is 0 Å². The van der Waals surface area contributed by atoms with Gasteiger partial charge in [0.25, 0.3) is 0 Å². The Labute approximate surface area is 112 Å². The molecule has 5 heteroatoms. The number of hydrogen-bond donors (Lipinski definition) is 1. The first-order valence-electron chi connectivity index (χ1n) is 5.25. The Hall–Kier alpha value is 0.0300. The highest BCUT2D eigenvalue weighted by Gasteiger charge is 2.28. The number of halogens is 2. The third-order valence-electron chi connectivity index (χ3n) is 2.87. The van der Waals surface area contributed by atoms with Crippen LogP contribution in [-0.2, 0) is 11.3 Å². The second kappa shape index (κ2) is 5.58. The van der Waals surface area contributed by atoms with Gasteiger partial charge in [-0.3, -0.25) is 4.98 Å². The molecule has 1 aromatic rings. The van der Waals surface area contributed by atoms with E-state index in [2.05, 4.69) is 42.2 Å². The summed E-state index contributed by atoms with van der Waals surface area (Å²) in [6.45, 7) is 0.801. The molecule has 1 heterocycles. The highest BCUT2D eigenvalue weighted by atomic mass is 79.9. The van der Waals surface area contributed by atoms with E-state index in [0.717, 1.165) is 34.0 Å². The van der Waals surface area contributed by atoms with Crippen LogP contribution in [0.15, 0.2) is 21.2 Å². The Morgan fingerprint density at radius 1 is 1.50 bits per heavy atom. The first-order valence-corrected chi connectivity index (χ1v) is 6.83. The van der Waals surface area contributed by atoms with Gasteiger partial charge < -0.3 is 10.1 Å². The fraction of sp³-hybridized carbons (Fsp3) is 0.545. The maximum absolute atomic E-state index is 5.24. The van der Waals surface area contributed by atoms with Crippen molar-refractivity contribution in [3.8, 4) is 0 Å². The smallest absolute Gasteiger partial charge is 0.0684 e. The predicted octanol–water partition coefficient (Wildman–Crippen LogP) is 2.87. The number of nitrogens with one attached hydrogen (secondary N) is 1. The number of hydrogen-bond acceptors (Lipinski definition) is 3. The quantitative estimate of drug-likeness (QED) is 0.907. The van der Waals surface area contributed by atoms with E-state index in [1.807, 2.05) is 12.3 Å². The van der Waals surface area contributed by atoms with Crippen LogP contribution in [0.5, 0.6) is 0 Å². The van der Waals surface area contributed by atoms with Gasteiger partial charge in [-0.2, -0.15) is 0 Å². The summed E-state index contributed by atoms with van der Waals surface area (Å²) in [5.41, 5.74) is 1.05. The third kappa shape index (κ3) is 3.03. The van der Waals surface area contributed by atoms with Crippen molar-refractivity contribution in [3.05, 3.63) is 26.9 Å². The molecule has 2 rings (SSSR count). The van der Waals surface area contributed by atoms with Gasteiger partial charge in [-0.1, -0.05) is 0 Å². The average Bonchev–Trinajstić information content (AvgIpc) is 2.18. The van der Waals surface area contributed by atoms with Crippen LogP contribution in [0.25, 0.3) is 0 Å². The van der Waals surface area contributed by atoms with Crippen LogP contribution in [0.2, 0.25) is 0 Å². The molecule has 1 aromatic heterocycles. The van der Waals surface area contributed by atoms with E-state index in [0.29, 0.717) is 12.1 Å². The molecule has 0 bridgehead atoms. The summed E-state index contributed by atoms with van der Waals surface area (Å²) in [4.78, 5) is 4.36. The van der Waals surface area contributed by atoms with Crippen molar-refractivity contribution in [3.63, 3.8) is 0 Å². The summed E-state index contributed by atoms with van der Waals surface area (Å²) < 4.78 is 7.27. The molecular formula is C11H14Br2N2O. The van der Waals surface area contributed by atoms with E-state index in [4.69, 9.17) is 4.74 Å². The zero-order valence-electron chi connectivity index (χ0n) is 9.04. The van der Waals surface area contributed by atoms with Crippen LogP contribution < -0.4 is 5.32 Å². The maximum atomic E-state index is 5.24. The molecule has 3 nitrogen and oxygen atoms in total. The Kier molecular flexibility index (Phi) is 4.35. The van der Waals surface area contributed by atoms with E-state index >= 15 is 0 Å². The van der Waals surface area contributed by atoms with Gasteiger partial charge in [-0.25, -0.2) is 0 Å². The number of methoxy groups -OCH3 is 1. The summed E-state index contributed by atoms with van der Waals surface area (Å²) >= 11 is 6.89. The zero-order chi connectivity index (χ0) is 11.5. The van der Waals surface area contributed by atoms with Crippen molar-refractivity contribution >= 4 is 31.9 Å². The van der Waals surface area contributed by atoms with Crippen molar-refractivity contribution in [2.24, 2.45) is 0 Å². The van der Waals surface area contributed by atoms with Gasteiger partial charge in [0, 0.05) is 34.8 Å². The molecule has 1 aliphatic carbocycles. The summed E-state index contributed by atoms with van der Waals surface area (Å²) in [5, 5.41) is 3.47. The molecule has 16 heavy (non-hydrogen) atoms. The van der Waals surface area contributed by atoms with Gasteiger partial charge in [-0.05, 0) is 50.8 Å². The molecule has 0 aliphatic heterocycles. The maximum Gasteiger partial charge on any atom is 0.0684 e. The minimum Gasteiger partial charge on any atom is -0.381 e. The molecule has 1 N–H and O–H groups in total. The number of pyridine rings is 1. The molecule has 0 saturated heterocycles. The first-order chi connectivity index (χ1) is 7.69. The fourth-order valence-corrected chi connectivity index (χ4v) is 2.87. The lowest BCUT2D eigenvalue weighted by atomic mass is 9.89. The highest BCUT2D eigenvalue weighted by Crippen LogP contribution is 2.24. The number of aromatic nitrogens is 1. The summed E-state index contributed by atoms with van der Waals surface area (Å²) in [7, 11) is 1.77. The van der Waals surface area contributed by atoms with Crippen LogP contribution in [0, 0.1) is 0 Å². The highest BCUT2D eigenvalue weighted by molar-refractivity contribution is 9.11. The normalized spacial score (nSPS) is 24.2. The second-order valence-electron chi connectivity index (χ2n) is 3.99. The van der Waals surface area contributed by atoms with E-state index in [1.165, 1.54) is 0 Å². The van der Waals surface area contributed by atoms with Gasteiger partial charge in [0.15, 0.2) is 0 Å². The van der Waals surface area contributed by atoms with Crippen molar-refractivity contribution < 1.29 is 4.74 Å². The minimum atomic E-state index is 0.443. The average molecular weight is 350 g/mol. The molecule has 0 spiro atoms. The van der Waals surface area contributed by atoms with Gasteiger partial charge in [-0.15, -0.1) is 0 Å². The molecule has 0 unspecified atom stereocenters. The summed E-state index contributed by atoms with van der Waals surface area (Å²) in [6.07, 6.45) is 4.47. The largest absolute Gasteiger partial charge is 0.381 e. The lowest BCUT2D eigenvalue weighted by Crippen LogP contribution is -2.44. The standard InChI is InChI=1S/C11H14Br2N2O/c1-16-9-3-8(4-9)14-6-11-10(13)2-7(12)5-15-11/h2,5,8-9,14H,3-4,6H2,1H3. The molecule has 0 radical (unpaired) electrons. The molecule has 1 saturated carbocycles. The predicted molar refractivity (Wildman–Crippen MR) is 70.3 cm³/mol. The first kappa shape index (κ1) is 12.5. The van der Waals surface area contributed by atoms with Crippen molar-refractivity contribution in [1.82, 2.24) is 10.3 Å². The van der Waals surface area contributed by atoms with Crippen LogP contribution in [0.1, 0.15) is 18.5 Å². The van der Waals surface area contributed by atoms with E-state index in [9.17, 15) is 0 Å². The molecule has 0 amide bonds. The van der Waals surface area contributed by atoms with Crippen LogP contribution in [0.3, 0.4) is 0 Å². The van der Waals surface area contributed by atoms with Gasteiger partial charge in [0.2, 0.25) is 0 Å². The van der Waals surface area contributed by atoms with Crippen molar-refractivity contribution in [2.75, 3.05) is 7.11 Å². The Bertz CT molecular complexity index is 367. The summed E-state index contributed by atoms with van der Waals surface area (Å²) in [6, 6.07) is 2.59. The Morgan fingerprint density at radius 2 is 2.25 bits per heavy atom. The summed E-state index contributed by atoms with van der Waals surface area (Å²) in [5.74, 6) is 0. The second-order valence-corrected chi connectivity index (χ2v) is 5.76. The number of ether oxygens (including phenoxy) is 1. The molecular weight excluding hydrogens is 336 g/mol. The Morgan fingerprint density at radius 3 is 2.88 bits per heavy atom. The third-order valence-corrected chi connectivity index (χ3v) is 3.99. The zero-order valence-corrected chi connectivity index (χ0v) is 12.2. The fourth-order valence-electron chi connectivity index (χ4n) is 1.74. The van der Waals surface area contributed by atoms with Gasteiger partial charge in [0.1, 0.15) is 0 Å². The monoisotopic (exact) mass is 348 g/mol. The van der Waals surface area contributed by atoms with Crippen molar-refractivity contribution in [2.45, 2.75) is 31.5 Å². The SMILES string of the molecule is COC1CC(NCc2ncc(Br)cc2Br)C1. The Balaban J connectivity index is 1.82. The minimum absolute atomic E-state index is 0.443. The van der Waals surface area contributed by atoms with Gasteiger partial charge >= 0.3 is 0 Å². The van der Waals surface area contributed by atoms with E-state index in [1.54, 1.807) is 7.11 Å². The van der Waals surface area contributed by atoms with Crippen LogP contribution in [0.4, 0.5) is 0 Å². The lowest BCUT2D eigenvalue weighted by Gasteiger charge is -2.34. The van der Waals surface area contributed by atoms with E-state index in [-0.39, 0.29) is 0 Å². The molecule has 0 aromatic carbocycles. The van der Waals surface area contributed by atoms with Crippen LogP contribution >= 0.6 is 31.9 Å².